The molecule has 0 spiro atoms. The zero-order valence-corrected chi connectivity index (χ0v) is 9.67. The second kappa shape index (κ2) is 11.2. The van der Waals surface area contributed by atoms with Crippen molar-refractivity contribution in [3.8, 4) is 0 Å². The third-order valence-electron chi connectivity index (χ3n) is 2.41. The molecular formula is C12H22O3. The number of carbonyl (C=O) groups is 2. The summed E-state index contributed by atoms with van der Waals surface area (Å²) in [6.45, 7) is 2.41. The highest BCUT2D eigenvalue weighted by Crippen LogP contribution is 2.09. The molecule has 0 aromatic carbocycles. The average Bonchev–Trinajstić information content (AvgIpc) is 2.22. The number of carbonyl (C=O) groups excluding carboxylic acids is 2. The molecule has 0 fully saturated rings. The molecule has 15 heavy (non-hydrogen) atoms. The van der Waals surface area contributed by atoms with Crippen molar-refractivity contribution >= 4 is 12.4 Å². The Morgan fingerprint density at radius 1 is 1.00 bits per heavy atom. The SMILES string of the molecule is CCCCCCCCCCC(=O)OC=O. The van der Waals surface area contributed by atoms with Crippen molar-refractivity contribution in [2.24, 2.45) is 0 Å². The van der Waals surface area contributed by atoms with Crippen molar-refractivity contribution in [3.63, 3.8) is 0 Å². The highest BCUT2D eigenvalue weighted by atomic mass is 16.6. The molecule has 0 aliphatic heterocycles. The lowest BCUT2D eigenvalue weighted by atomic mass is 10.1. The van der Waals surface area contributed by atoms with Crippen molar-refractivity contribution in [1.82, 2.24) is 0 Å². The second-order valence-electron chi connectivity index (χ2n) is 3.81. The Labute approximate surface area is 92.2 Å². The Morgan fingerprint density at radius 2 is 1.53 bits per heavy atom. The first kappa shape index (κ1) is 14.1. The van der Waals surface area contributed by atoms with Gasteiger partial charge in [0.1, 0.15) is 0 Å². The fraction of sp³-hybridized carbons (Fsp3) is 0.833. The van der Waals surface area contributed by atoms with Crippen LogP contribution in [-0.4, -0.2) is 12.4 Å². The summed E-state index contributed by atoms with van der Waals surface area (Å²) in [6.07, 6.45) is 9.91. The Hall–Kier alpha value is -0.860. The number of hydrogen-bond donors (Lipinski definition) is 0. The first-order valence-corrected chi connectivity index (χ1v) is 5.94. The maximum Gasteiger partial charge on any atom is 0.313 e. The van der Waals surface area contributed by atoms with Crippen molar-refractivity contribution in [2.75, 3.05) is 0 Å². The summed E-state index contributed by atoms with van der Waals surface area (Å²) >= 11 is 0. The van der Waals surface area contributed by atoms with Gasteiger partial charge in [-0.1, -0.05) is 51.9 Å². The summed E-state index contributed by atoms with van der Waals surface area (Å²) in [5, 5.41) is 0. The molecular weight excluding hydrogens is 192 g/mol. The number of esters is 1. The molecule has 0 aromatic heterocycles. The van der Waals surface area contributed by atoms with E-state index in [1.807, 2.05) is 0 Å². The second-order valence-corrected chi connectivity index (χ2v) is 3.81. The largest absolute Gasteiger partial charge is 0.395 e. The zero-order valence-electron chi connectivity index (χ0n) is 9.67. The maximum atomic E-state index is 10.8. The average molecular weight is 214 g/mol. The van der Waals surface area contributed by atoms with E-state index in [0.29, 0.717) is 6.42 Å². The van der Waals surface area contributed by atoms with Gasteiger partial charge in [-0.25, -0.2) is 0 Å². The van der Waals surface area contributed by atoms with Crippen LogP contribution in [0.1, 0.15) is 64.7 Å². The van der Waals surface area contributed by atoms with Crippen molar-refractivity contribution in [2.45, 2.75) is 64.7 Å². The minimum atomic E-state index is -0.406. The lowest BCUT2D eigenvalue weighted by molar-refractivity contribution is -0.151. The summed E-state index contributed by atoms with van der Waals surface area (Å²) in [4.78, 5) is 20.6. The molecule has 0 unspecified atom stereocenters. The zero-order chi connectivity index (χ0) is 11.4. The van der Waals surface area contributed by atoms with Crippen LogP contribution in [0.5, 0.6) is 0 Å². The van der Waals surface area contributed by atoms with E-state index in [0.717, 1.165) is 12.8 Å². The third kappa shape index (κ3) is 11.1. The Bertz CT molecular complexity index is 166. The van der Waals surface area contributed by atoms with E-state index in [1.165, 1.54) is 38.5 Å². The molecule has 0 atom stereocenters. The number of hydrogen-bond acceptors (Lipinski definition) is 3. The van der Waals surface area contributed by atoms with E-state index in [-0.39, 0.29) is 6.47 Å². The van der Waals surface area contributed by atoms with Gasteiger partial charge in [-0.15, -0.1) is 0 Å². The lowest BCUT2D eigenvalue weighted by Gasteiger charge is -2.00. The molecule has 0 amide bonds. The molecule has 0 bridgehead atoms. The van der Waals surface area contributed by atoms with Gasteiger partial charge in [-0.05, 0) is 6.42 Å². The smallest absolute Gasteiger partial charge is 0.313 e. The highest BCUT2D eigenvalue weighted by molar-refractivity contribution is 5.76. The van der Waals surface area contributed by atoms with E-state index in [4.69, 9.17) is 0 Å². The standard InChI is InChI=1S/C12H22O3/c1-2-3-4-5-6-7-8-9-10-12(14)15-11-13/h11H,2-10H2,1H3. The number of rotatable bonds is 10. The van der Waals surface area contributed by atoms with Crippen LogP contribution >= 0.6 is 0 Å². The Morgan fingerprint density at radius 3 is 2.07 bits per heavy atom. The summed E-state index contributed by atoms with van der Waals surface area (Å²) in [5.41, 5.74) is 0. The van der Waals surface area contributed by atoms with E-state index in [1.54, 1.807) is 0 Å². The van der Waals surface area contributed by atoms with Gasteiger partial charge < -0.3 is 4.74 Å². The van der Waals surface area contributed by atoms with Crippen LogP contribution in [0.4, 0.5) is 0 Å². The predicted octanol–water partition coefficient (Wildman–Crippen LogP) is 3.22. The molecule has 0 aromatic rings. The monoisotopic (exact) mass is 214 g/mol. The molecule has 0 aliphatic carbocycles. The Balaban J connectivity index is 3.04. The molecule has 88 valence electrons. The highest BCUT2D eigenvalue weighted by Gasteiger charge is 2.00. The summed E-state index contributed by atoms with van der Waals surface area (Å²) in [7, 11) is 0. The van der Waals surface area contributed by atoms with Crippen LogP contribution in [-0.2, 0) is 14.3 Å². The summed E-state index contributed by atoms with van der Waals surface area (Å²) in [6, 6.07) is 0. The summed E-state index contributed by atoms with van der Waals surface area (Å²) < 4.78 is 4.18. The van der Waals surface area contributed by atoms with Gasteiger partial charge in [-0.3, -0.25) is 9.59 Å². The van der Waals surface area contributed by atoms with Crippen LogP contribution in [0.25, 0.3) is 0 Å². The minimum Gasteiger partial charge on any atom is -0.395 e. The van der Waals surface area contributed by atoms with Gasteiger partial charge in [0, 0.05) is 6.42 Å². The van der Waals surface area contributed by atoms with Gasteiger partial charge in [0.05, 0.1) is 0 Å². The molecule has 0 N–H and O–H groups in total. The normalized spacial score (nSPS) is 9.93. The van der Waals surface area contributed by atoms with Gasteiger partial charge in [0.25, 0.3) is 0 Å². The predicted molar refractivity (Wildman–Crippen MR) is 59.4 cm³/mol. The summed E-state index contributed by atoms with van der Waals surface area (Å²) in [5.74, 6) is -0.406. The van der Waals surface area contributed by atoms with Crippen LogP contribution in [0, 0.1) is 0 Å². The molecule has 0 radical (unpaired) electrons. The maximum absolute atomic E-state index is 10.8. The van der Waals surface area contributed by atoms with Crippen LogP contribution < -0.4 is 0 Å². The van der Waals surface area contributed by atoms with Gasteiger partial charge in [0.2, 0.25) is 0 Å². The number of unbranched alkanes of at least 4 members (excludes halogenated alkanes) is 7. The first-order chi connectivity index (χ1) is 7.31. The van der Waals surface area contributed by atoms with Crippen LogP contribution in [0.3, 0.4) is 0 Å². The minimum absolute atomic E-state index is 0.201. The van der Waals surface area contributed by atoms with Gasteiger partial charge >= 0.3 is 12.4 Å². The van der Waals surface area contributed by atoms with Gasteiger partial charge in [-0.2, -0.15) is 0 Å². The van der Waals surface area contributed by atoms with Gasteiger partial charge in [0.15, 0.2) is 0 Å². The van der Waals surface area contributed by atoms with E-state index in [9.17, 15) is 9.59 Å². The molecule has 3 nitrogen and oxygen atoms in total. The quantitative estimate of drug-likeness (QED) is 0.243. The van der Waals surface area contributed by atoms with Crippen LogP contribution in [0.2, 0.25) is 0 Å². The lowest BCUT2D eigenvalue weighted by Crippen LogP contribution is -2.01. The fourth-order valence-corrected chi connectivity index (χ4v) is 1.52. The van der Waals surface area contributed by atoms with Crippen LogP contribution in [0.15, 0.2) is 0 Å². The third-order valence-corrected chi connectivity index (χ3v) is 2.41. The number of ether oxygens (including phenoxy) is 1. The Kier molecular flexibility index (Phi) is 10.6. The van der Waals surface area contributed by atoms with E-state index >= 15 is 0 Å². The van der Waals surface area contributed by atoms with Crippen molar-refractivity contribution in [3.05, 3.63) is 0 Å². The molecule has 0 saturated heterocycles. The topological polar surface area (TPSA) is 43.4 Å². The first-order valence-electron chi connectivity index (χ1n) is 5.94. The molecule has 0 heterocycles. The van der Waals surface area contributed by atoms with Crippen molar-refractivity contribution in [1.29, 1.82) is 0 Å². The van der Waals surface area contributed by atoms with E-state index < -0.39 is 5.97 Å². The van der Waals surface area contributed by atoms with Crippen molar-refractivity contribution < 1.29 is 14.3 Å². The molecule has 0 saturated carbocycles. The molecule has 0 rings (SSSR count). The fourth-order valence-electron chi connectivity index (χ4n) is 1.52. The molecule has 0 aliphatic rings. The van der Waals surface area contributed by atoms with E-state index in [2.05, 4.69) is 11.7 Å². The molecule has 3 heteroatoms.